The predicted molar refractivity (Wildman–Crippen MR) is 117 cm³/mol. The van der Waals surface area contributed by atoms with Crippen molar-refractivity contribution in [2.75, 3.05) is 18.4 Å². The van der Waals surface area contributed by atoms with E-state index in [0.29, 0.717) is 21.5 Å². The summed E-state index contributed by atoms with van der Waals surface area (Å²) in [4.78, 5) is 13.8. The lowest BCUT2D eigenvalue weighted by Gasteiger charge is -2.38. The third kappa shape index (κ3) is 4.53. The van der Waals surface area contributed by atoms with Gasteiger partial charge in [0.1, 0.15) is 11.9 Å². The summed E-state index contributed by atoms with van der Waals surface area (Å²) in [6.07, 6.45) is 2.72. The van der Waals surface area contributed by atoms with Crippen molar-refractivity contribution in [2.24, 2.45) is 5.73 Å². The molecule has 29 heavy (non-hydrogen) atoms. The zero-order valence-corrected chi connectivity index (χ0v) is 17.8. The number of hydrogen-bond donors (Lipinski definition) is 2. The first-order valence-electron chi connectivity index (χ1n) is 9.92. The maximum Gasteiger partial charge on any atom is 0.221 e. The van der Waals surface area contributed by atoms with Gasteiger partial charge in [0, 0.05) is 46.9 Å². The summed E-state index contributed by atoms with van der Waals surface area (Å²) >= 11 is 12.8. The van der Waals surface area contributed by atoms with Crippen LogP contribution in [0, 0.1) is 0 Å². The van der Waals surface area contributed by atoms with Crippen LogP contribution in [0.15, 0.2) is 36.4 Å². The van der Waals surface area contributed by atoms with Crippen molar-refractivity contribution in [1.29, 1.82) is 0 Å². The van der Waals surface area contributed by atoms with Gasteiger partial charge in [0.15, 0.2) is 0 Å². The molecule has 7 heteroatoms. The number of anilines is 1. The van der Waals surface area contributed by atoms with Crippen LogP contribution in [0.2, 0.25) is 10.0 Å². The minimum atomic E-state index is -0.209. The van der Waals surface area contributed by atoms with Crippen LogP contribution in [0.5, 0.6) is 5.75 Å². The van der Waals surface area contributed by atoms with E-state index in [1.54, 1.807) is 6.07 Å². The number of halogens is 2. The van der Waals surface area contributed by atoms with Crippen molar-refractivity contribution in [1.82, 2.24) is 4.90 Å². The quantitative estimate of drug-likeness (QED) is 0.748. The minimum Gasteiger partial charge on any atom is -0.484 e. The average Bonchev–Trinajstić information content (AvgIpc) is 3.00. The zero-order valence-electron chi connectivity index (χ0n) is 16.3. The van der Waals surface area contributed by atoms with Crippen LogP contribution in [-0.4, -0.2) is 36.0 Å². The number of likely N-dealkylation sites (tertiary alicyclic amines) is 1. The van der Waals surface area contributed by atoms with E-state index in [4.69, 9.17) is 33.7 Å². The van der Waals surface area contributed by atoms with E-state index in [0.717, 1.165) is 43.5 Å². The molecular formula is C22H25Cl2N3O2. The molecule has 3 N–H and O–H groups in total. The third-order valence-corrected chi connectivity index (χ3v) is 6.20. The molecule has 2 aromatic rings. The van der Waals surface area contributed by atoms with Gasteiger partial charge in [-0.15, -0.1) is 0 Å². The number of ether oxygens (including phenoxy) is 1. The molecule has 1 aliphatic carbocycles. The van der Waals surface area contributed by atoms with Crippen molar-refractivity contribution >= 4 is 34.8 Å². The first-order valence-corrected chi connectivity index (χ1v) is 10.7. The number of nitrogens with one attached hydrogen (secondary N) is 1. The molecule has 0 saturated carbocycles. The number of carbonyl (C=O) groups excluding carboxylic acids is 1. The van der Waals surface area contributed by atoms with Gasteiger partial charge in [0.25, 0.3) is 0 Å². The number of amides is 1. The van der Waals surface area contributed by atoms with Gasteiger partial charge >= 0.3 is 0 Å². The third-order valence-electron chi connectivity index (χ3n) is 5.64. The molecule has 0 unspecified atom stereocenters. The molecule has 2 aromatic carbocycles. The first kappa shape index (κ1) is 20.5. The van der Waals surface area contributed by atoms with E-state index in [1.165, 1.54) is 6.92 Å². The highest BCUT2D eigenvalue weighted by Crippen LogP contribution is 2.43. The first-order chi connectivity index (χ1) is 13.9. The predicted octanol–water partition coefficient (Wildman–Crippen LogP) is 4.42. The zero-order chi connectivity index (χ0) is 20.5. The van der Waals surface area contributed by atoms with Crippen LogP contribution in [0.1, 0.15) is 37.0 Å². The second-order valence-electron chi connectivity index (χ2n) is 7.87. The lowest BCUT2D eigenvalue weighted by Crippen LogP contribution is -2.49. The SMILES string of the molecule is CC(=O)Nc1cccc(O[C@H]2c3cc(Cl)cc(Cl)c3C[C@@H]2N2CCC[C@@H](N)C2)c1. The Morgan fingerprint density at radius 1 is 1.28 bits per heavy atom. The Morgan fingerprint density at radius 2 is 2.10 bits per heavy atom. The highest BCUT2D eigenvalue weighted by atomic mass is 35.5. The number of carbonyl (C=O) groups is 1. The fourth-order valence-electron chi connectivity index (χ4n) is 4.42. The van der Waals surface area contributed by atoms with E-state index in [9.17, 15) is 4.79 Å². The number of fused-ring (bicyclic) bond motifs is 1. The molecule has 0 spiro atoms. The van der Waals surface area contributed by atoms with Gasteiger partial charge in [0.05, 0.1) is 6.04 Å². The Morgan fingerprint density at radius 3 is 2.86 bits per heavy atom. The van der Waals surface area contributed by atoms with Crippen molar-refractivity contribution in [3.63, 3.8) is 0 Å². The van der Waals surface area contributed by atoms with Crippen LogP contribution < -0.4 is 15.8 Å². The van der Waals surface area contributed by atoms with Gasteiger partial charge in [-0.25, -0.2) is 0 Å². The van der Waals surface area contributed by atoms with E-state index in [1.807, 2.05) is 30.3 Å². The van der Waals surface area contributed by atoms with Crippen molar-refractivity contribution in [3.05, 3.63) is 57.6 Å². The molecule has 1 saturated heterocycles. The van der Waals surface area contributed by atoms with Gasteiger partial charge < -0.3 is 15.8 Å². The number of benzene rings is 2. The molecule has 154 valence electrons. The molecule has 2 aliphatic rings. The summed E-state index contributed by atoms with van der Waals surface area (Å²) in [6, 6.07) is 11.5. The van der Waals surface area contributed by atoms with E-state index in [2.05, 4.69) is 10.2 Å². The number of nitrogens with two attached hydrogens (primary N) is 1. The second kappa shape index (κ2) is 8.52. The highest BCUT2D eigenvalue weighted by Gasteiger charge is 2.40. The largest absolute Gasteiger partial charge is 0.484 e. The average molecular weight is 434 g/mol. The Bertz CT molecular complexity index is 921. The van der Waals surface area contributed by atoms with Crippen molar-refractivity contribution in [3.8, 4) is 5.75 Å². The Balaban J connectivity index is 1.66. The Labute approximate surface area is 181 Å². The van der Waals surface area contributed by atoms with Crippen LogP contribution >= 0.6 is 23.2 Å². The Kier molecular flexibility index (Phi) is 6.02. The summed E-state index contributed by atoms with van der Waals surface area (Å²) < 4.78 is 6.48. The van der Waals surface area contributed by atoms with Crippen LogP contribution in [0.4, 0.5) is 5.69 Å². The molecule has 1 heterocycles. The standard InChI is InChI=1S/C22H25Cl2N3O2/c1-13(28)26-16-5-2-6-17(10-16)29-22-19-8-14(23)9-20(24)18(19)11-21(22)27-7-3-4-15(25)12-27/h2,5-6,8-10,15,21-22H,3-4,7,11-12,25H2,1H3,(H,26,28)/t15-,21+,22+/m1/s1. The molecule has 0 aromatic heterocycles. The smallest absolute Gasteiger partial charge is 0.221 e. The maximum atomic E-state index is 11.4. The molecule has 5 nitrogen and oxygen atoms in total. The molecule has 1 fully saturated rings. The molecule has 3 atom stereocenters. The van der Waals surface area contributed by atoms with E-state index >= 15 is 0 Å². The monoisotopic (exact) mass is 433 g/mol. The maximum absolute atomic E-state index is 11.4. The summed E-state index contributed by atoms with van der Waals surface area (Å²) in [7, 11) is 0. The molecule has 0 radical (unpaired) electrons. The van der Waals surface area contributed by atoms with Crippen molar-refractivity contribution < 1.29 is 9.53 Å². The highest BCUT2D eigenvalue weighted by molar-refractivity contribution is 6.35. The molecule has 1 aliphatic heterocycles. The lowest BCUT2D eigenvalue weighted by molar-refractivity contribution is -0.114. The van der Waals surface area contributed by atoms with Crippen LogP contribution in [0.3, 0.4) is 0 Å². The fraction of sp³-hybridized carbons (Fsp3) is 0.409. The number of piperidine rings is 1. The Hall–Kier alpha value is -1.79. The van der Waals surface area contributed by atoms with Gasteiger partial charge in [-0.1, -0.05) is 29.3 Å². The molecule has 1 amide bonds. The van der Waals surface area contributed by atoms with Crippen LogP contribution in [0.25, 0.3) is 0 Å². The minimum absolute atomic E-state index is 0.118. The van der Waals surface area contributed by atoms with Gasteiger partial charge in [0.2, 0.25) is 5.91 Å². The normalized spacial score (nSPS) is 24.2. The topological polar surface area (TPSA) is 67.6 Å². The number of rotatable bonds is 4. The second-order valence-corrected chi connectivity index (χ2v) is 8.72. The number of nitrogens with zero attached hydrogens (tertiary/aromatic N) is 1. The van der Waals surface area contributed by atoms with E-state index in [-0.39, 0.29) is 24.1 Å². The summed E-state index contributed by atoms with van der Waals surface area (Å²) in [5.41, 5.74) is 9.06. The fourth-order valence-corrected chi connectivity index (χ4v) is 5.00. The number of hydrogen-bond acceptors (Lipinski definition) is 4. The summed E-state index contributed by atoms with van der Waals surface area (Å²) in [5.74, 6) is 0.573. The summed E-state index contributed by atoms with van der Waals surface area (Å²) in [5, 5.41) is 4.08. The van der Waals surface area contributed by atoms with Crippen LogP contribution in [-0.2, 0) is 11.2 Å². The van der Waals surface area contributed by atoms with Gasteiger partial charge in [-0.2, -0.15) is 0 Å². The summed E-state index contributed by atoms with van der Waals surface area (Å²) in [6.45, 7) is 3.32. The molecule has 0 bridgehead atoms. The van der Waals surface area contributed by atoms with Gasteiger partial charge in [-0.3, -0.25) is 9.69 Å². The van der Waals surface area contributed by atoms with E-state index < -0.39 is 0 Å². The van der Waals surface area contributed by atoms with Crippen molar-refractivity contribution in [2.45, 2.75) is 44.4 Å². The molecule has 4 rings (SSSR count). The van der Waals surface area contributed by atoms with Gasteiger partial charge in [-0.05, 0) is 55.6 Å². The molecular weight excluding hydrogens is 409 g/mol. The lowest BCUT2D eigenvalue weighted by atomic mass is 10.0.